The first-order valence-corrected chi connectivity index (χ1v) is 6.68. The summed E-state index contributed by atoms with van der Waals surface area (Å²) in [5.74, 6) is -0.753. The molecular formula is C13H12ClN3O5. The quantitative estimate of drug-likeness (QED) is 0.473. The molecule has 0 radical (unpaired) electrons. The van der Waals surface area contributed by atoms with Crippen LogP contribution in [0.15, 0.2) is 12.1 Å². The summed E-state index contributed by atoms with van der Waals surface area (Å²) in [4.78, 5) is 23.9. The highest BCUT2D eigenvalue weighted by molar-refractivity contribution is 6.34. The number of carbonyl (C=O) groups is 1. The molecule has 22 heavy (non-hydrogen) atoms. The van der Waals surface area contributed by atoms with E-state index in [2.05, 4.69) is 4.74 Å². The van der Waals surface area contributed by atoms with Crippen LogP contribution < -0.4 is 4.90 Å². The molecule has 2 rings (SSSR count). The Kier molecular flexibility index (Phi) is 4.80. The van der Waals surface area contributed by atoms with Crippen molar-refractivity contribution in [2.45, 2.75) is 6.10 Å². The largest absolute Gasteiger partial charge is 0.465 e. The number of morpholine rings is 1. The van der Waals surface area contributed by atoms with Gasteiger partial charge in [0, 0.05) is 12.6 Å². The van der Waals surface area contributed by atoms with Gasteiger partial charge in [-0.25, -0.2) is 4.79 Å². The number of anilines is 1. The van der Waals surface area contributed by atoms with Gasteiger partial charge in [-0.05, 0) is 6.07 Å². The minimum atomic E-state index is -0.753. The van der Waals surface area contributed by atoms with E-state index in [0.29, 0.717) is 6.54 Å². The minimum absolute atomic E-state index is 0.0486. The van der Waals surface area contributed by atoms with Crippen molar-refractivity contribution in [3.63, 3.8) is 0 Å². The number of ether oxygens (including phenoxy) is 2. The molecule has 1 unspecified atom stereocenters. The van der Waals surface area contributed by atoms with Crippen LogP contribution in [0.25, 0.3) is 0 Å². The summed E-state index contributed by atoms with van der Waals surface area (Å²) in [6.45, 7) is 0.837. The number of esters is 1. The van der Waals surface area contributed by atoms with Crippen LogP contribution in [0.2, 0.25) is 5.02 Å². The van der Waals surface area contributed by atoms with Gasteiger partial charge < -0.3 is 14.4 Å². The first kappa shape index (κ1) is 16.0. The maximum atomic E-state index is 11.6. The maximum absolute atomic E-state index is 11.6. The standard InChI is InChI=1S/C13H12ClN3O5/c1-21-13(18)9-4-12(17(19)20)11(5-10(9)14)16-2-3-22-8(6-15)7-16/h4-5,8H,2-3,7H2,1H3. The lowest BCUT2D eigenvalue weighted by atomic mass is 10.1. The number of nitrogens with zero attached hydrogens (tertiary/aromatic N) is 3. The third-order valence-corrected chi connectivity index (χ3v) is 3.53. The van der Waals surface area contributed by atoms with Crippen LogP contribution in [0, 0.1) is 21.4 Å². The number of halogens is 1. The third-order valence-electron chi connectivity index (χ3n) is 3.22. The molecule has 1 heterocycles. The van der Waals surface area contributed by atoms with E-state index in [0.717, 1.165) is 13.2 Å². The molecule has 0 spiro atoms. The zero-order valence-electron chi connectivity index (χ0n) is 11.6. The Hall–Kier alpha value is -2.37. The zero-order valence-corrected chi connectivity index (χ0v) is 12.4. The zero-order chi connectivity index (χ0) is 16.3. The van der Waals surface area contributed by atoms with Gasteiger partial charge >= 0.3 is 5.97 Å². The van der Waals surface area contributed by atoms with Gasteiger partial charge in [-0.2, -0.15) is 5.26 Å². The first-order chi connectivity index (χ1) is 10.5. The average molecular weight is 326 g/mol. The molecule has 116 valence electrons. The van der Waals surface area contributed by atoms with Crippen LogP contribution in [0.4, 0.5) is 11.4 Å². The molecule has 1 aliphatic rings. The molecule has 9 heteroatoms. The molecule has 0 aliphatic carbocycles. The normalized spacial score (nSPS) is 17.7. The van der Waals surface area contributed by atoms with E-state index in [4.69, 9.17) is 21.6 Å². The lowest BCUT2D eigenvalue weighted by Crippen LogP contribution is -2.42. The van der Waals surface area contributed by atoms with E-state index in [-0.39, 0.29) is 35.1 Å². The van der Waals surface area contributed by atoms with Crippen LogP contribution >= 0.6 is 11.6 Å². The maximum Gasteiger partial charge on any atom is 0.339 e. The SMILES string of the molecule is COC(=O)c1cc([N+](=O)[O-])c(N2CCOC(C#N)C2)cc1Cl. The van der Waals surface area contributed by atoms with E-state index in [1.807, 2.05) is 6.07 Å². The van der Waals surface area contributed by atoms with Crippen molar-refractivity contribution < 1.29 is 19.2 Å². The smallest absolute Gasteiger partial charge is 0.339 e. The Morgan fingerprint density at radius 3 is 2.95 bits per heavy atom. The summed E-state index contributed by atoms with van der Waals surface area (Å²) < 4.78 is 9.76. The fourth-order valence-corrected chi connectivity index (χ4v) is 2.40. The van der Waals surface area contributed by atoms with Gasteiger partial charge in [0.25, 0.3) is 5.69 Å². The molecule has 1 aromatic rings. The van der Waals surface area contributed by atoms with Crippen LogP contribution in [-0.2, 0) is 9.47 Å². The van der Waals surface area contributed by atoms with Gasteiger partial charge in [0.1, 0.15) is 5.69 Å². The molecule has 1 aliphatic heterocycles. The molecule has 8 nitrogen and oxygen atoms in total. The molecular weight excluding hydrogens is 314 g/mol. The van der Waals surface area contributed by atoms with E-state index >= 15 is 0 Å². The Morgan fingerprint density at radius 1 is 1.64 bits per heavy atom. The van der Waals surface area contributed by atoms with Crippen LogP contribution in [-0.4, -0.2) is 43.8 Å². The summed E-state index contributed by atoms with van der Waals surface area (Å²) >= 11 is 6.02. The van der Waals surface area contributed by atoms with Crippen molar-refractivity contribution >= 4 is 28.9 Å². The first-order valence-electron chi connectivity index (χ1n) is 6.30. The number of nitriles is 1. The van der Waals surface area contributed by atoms with Gasteiger partial charge in [0.15, 0.2) is 6.10 Å². The van der Waals surface area contributed by atoms with Gasteiger partial charge in [-0.1, -0.05) is 11.6 Å². The van der Waals surface area contributed by atoms with Gasteiger partial charge in [-0.15, -0.1) is 0 Å². The van der Waals surface area contributed by atoms with Crippen LogP contribution in [0.3, 0.4) is 0 Å². The number of carbonyl (C=O) groups excluding carboxylic acids is 1. The van der Waals surface area contributed by atoms with Gasteiger partial charge in [-0.3, -0.25) is 10.1 Å². The molecule has 0 aromatic heterocycles. The monoisotopic (exact) mass is 325 g/mol. The molecule has 0 saturated carbocycles. The summed E-state index contributed by atoms with van der Waals surface area (Å²) in [5, 5.41) is 20.2. The molecule has 0 amide bonds. The number of methoxy groups -OCH3 is 1. The number of benzene rings is 1. The lowest BCUT2D eigenvalue weighted by Gasteiger charge is -2.31. The lowest BCUT2D eigenvalue weighted by molar-refractivity contribution is -0.384. The summed E-state index contributed by atoms with van der Waals surface area (Å²) in [6.07, 6.45) is -0.674. The predicted molar refractivity (Wildman–Crippen MR) is 77.0 cm³/mol. The van der Waals surface area contributed by atoms with Crippen molar-refractivity contribution in [2.24, 2.45) is 0 Å². The predicted octanol–water partition coefficient (Wildman–Crippen LogP) is 1.76. The number of hydrogen-bond acceptors (Lipinski definition) is 7. The highest BCUT2D eigenvalue weighted by atomic mass is 35.5. The highest BCUT2D eigenvalue weighted by Crippen LogP contribution is 2.35. The molecule has 0 N–H and O–H groups in total. The van der Waals surface area contributed by atoms with Crippen LogP contribution in [0.1, 0.15) is 10.4 Å². The van der Waals surface area contributed by atoms with E-state index < -0.39 is 17.0 Å². The summed E-state index contributed by atoms with van der Waals surface area (Å²) in [6, 6.07) is 4.39. The van der Waals surface area contributed by atoms with E-state index in [1.165, 1.54) is 6.07 Å². The number of nitro groups is 1. The molecule has 0 bridgehead atoms. The Bertz CT molecular complexity index is 658. The minimum Gasteiger partial charge on any atom is -0.465 e. The van der Waals surface area contributed by atoms with Crippen molar-refractivity contribution in [1.82, 2.24) is 0 Å². The average Bonchev–Trinajstić information content (AvgIpc) is 2.53. The summed E-state index contributed by atoms with van der Waals surface area (Å²) in [5.41, 5.74) is -0.112. The van der Waals surface area contributed by atoms with Crippen LogP contribution in [0.5, 0.6) is 0 Å². The van der Waals surface area contributed by atoms with E-state index in [1.54, 1.807) is 4.90 Å². The van der Waals surface area contributed by atoms with Crippen molar-refractivity contribution in [2.75, 3.05) is 31.7 Å². The van der Waals surface area contributed by atoms with Gasteiger partial charge in [0.05, 0.1) is 41.8 Å². The van der Waals surface area contributed by atoms with Crippen molar-refractivity contribution in [3.8, 4) is 6.07 Å². The molecule has 1 atom stereocenters. The van der Waals surface area contributed by atoms with Crippen molar-refractivity contribution in [3.05, 3.63) is 32.8 Å². The Morgan fingerprint density at radius 2 is 2.36 bits per heavy atom. The second kappa shape index (κ2) is 6.60. The fourth-order valence-electron chi connectivity index (χ4n) is 2.16. The number of hydrogen-bond donors (Lipinski definition) is 0. The topological polar surface area (TPSA) is 106 Å². The van der Waals surface area contributed by atoms with Gasteiger partial charge in [0.2, 0.25) is 0 Å². The summed E-state index contributed by atoms with van der Waals surface area (Å²) in [7, 11) is 1.16. The fraction of sp³-hybridized carbons (Fsp3) is 0.385. The second-order valence-electron chi connectivity index (χ2n) is 4.50. The molecule has 1 fully saturated rings. The molecule has 1 saturated heterocycles. The highest BCUT2D eigenvalue weighted by Gasteiger charge is 2.28. The second-order valence-corrected chi connectivity index (χ2v) is 4.91. The number of rotatable bonds is 3. The third kappa shape index (κ3) is 3.10. The number of nitro benzene ring substituents is 1. The molecule has 1 aromatic carbocycles. The Balaban J connectivity index is 2.47. The van der Waals surface area contributed by atoms with E-state index in [9.17, 15) is 14.9 Å². The van der Waals surface area contributed by atoms with Crippen molar-refractivity contribution in [1.29, 1.82) is 5.26 Å². The Labute approximate surface area is 130 Å².